The molecule has 0 radical (unpaired) electrons. The summed E-state index contributed by atoms with van der Waals surface area (Å²) in [7, 11) is 4.15. The third-order valence-corrected chi connectivity index (χ3v) is 6.79. The number of likely N-dealkylation sites (N-methyl/N-ethyl adjacent to an activating group) is 1. The predicted octanol–water partition coefficient (Wildman–Crippen LogP) is 1.08. The monoisotopic (exact) mass is 421 g/mol. The molecule has 3 heterocycles. The molecule has 0 bridgehead atoms. The molecule has 2 aromatic rings. The maximum absolute atomic E-state index is 13.0. The van der Waals surface area contributed by atoms with E-state index >= 15 is 0 Å². The summed E-state index contributed by atoms with van der Waals surface area (Å²) < 4.78 is 2.15. The molecule has 164 valence electrons. The van der Waals surface area contributed by atoms with Crippen LogP contribution in [0, 0.1) is 12.3 Å². The van der Waals surface area contributed by atoms with Crippen molar-refractivity contribution in [1.29, 1.82) is 0 Å². The second-order valence-electron chi connectivity index (χ2n) is 8.64. The van der Waals surface area contributed by atoms with Crippen molar-refractivity contribution in [3.8, 4) is 12.3 Å². The van der Waals surface area contributed by atoms with Crippen molar-refractivity contribution in [2.75, 3.05) is 26.7 Å². The zero-order valence-electron chi connectivity index (χ0n) is 18.3. The van der Waals surface area contributed by atoms with Crippen LogP contribution in [0.25, 0.3) is 10.9 Å². The van der Waals surface area contributed by atoms with Crippen LogP contribution in [0.5, 0.6) is 0 Å². The van der Waals surface area contributed by atoms with Crippen molar-refractivity contribution < 1.29 is 9.59 Å². The van der Waals surface area contributed by atoms with Gasteiger partial charge in [-0.2, -0.15) is 0 Å². The molecule has 2 amide bonds. The summed E-state index contributed by atoms with van der Waals surface area (Å²) in [6.45, 7) is 2.45. The van der Waals surface area contributed by atoms with E-state index in [1.54, 1.807) is 0 Å². The first-order chi connectivity index (χ1) is 15.0. The molecule has 4 rings (SSSR count). The van der Waals surface area contributed by atoms with Gasteiger partial charge in [0.2, 0.25) is 11.8 Å². The molecule has 0 saturated carbocycles. The standard InChI is InChI=1S/C24H31N5O2/c1-4-12-25-22(30)10-9-18-14-26-24(31)23-21(28(18)3)11-13-29(23)16-17-15-27(2)20-8-6-5-7-19(17)20/h1,5-8,15,18,21,23H,9-14,16H2,2-3H3,(H,25,30)(H,26,31). The van der Waals surface area contributed by atoms with Crippen LogP contribution in [0.2, 0.25) is 0 Å². The molecule has 7 nitrogen and oxygen atoms in total. The van der Waals surface area contributed by atoms with E-state index in [1.807, 2.05) is 0 Å². The van der Waals surface area contributed by atoms with Crippen LogP contribution in [0.4, 0.5) is 0 Å². The number of benzene rings is 1. The number of aryl methyl sites for hydroxylation is 1. The van der Waals surface area contributed by atoms with Crippen molar-refractivity contribution in [2.45, 2.75) is 43.9 Å². The maximum atomic E-state index is 13.0. The van der Waals surface area contributed by atoms with Gasteiger partial charge in [0.25, 0.3) is 0 Å². The molecule has 2 aliphatic rings. The van der Waals surface area contributed by atoms with Gasteiger partial charge < -0.3 is 15.2 Å². The highest BCUT2D eigenvalue weighted by molar-refractivity contribution is 5.85. The molecule has 1 aromatic carbocycles. The minimum atomic E-state index is -0.177. The van der Waals surface area contributed by atoms with E-state index in [-0.39, 0.29) is 36.5 Å². The summed E-state index contributed by atoms with van der Waals surface area (Å²) in [5, 5.41) is 7.09. The van der Waals surface area contributed by atoms with Crippen LogP contribution in [0.15, 0.2) is 30.5 Å². The number of carbonyl (C=O) groups is 2. The van der Waals surface area contributed by atoms with E-state index in [4.69, 9.17) is 6.42 Å². The molecule has 2 fully saturated rings. The maximum Gasteiger partial charge on any atom is 0.239 e. The Bertz CT molecular complexity index is 1010. The van der Waals surface area contributed by atoms with Gasteiger partial charge in [0.15, 0.2) is 0 Å². The summed E-state index contributed by atoms with van der Waals surface area (Å²) in [5.74, 6) is 2.47. The number of fused-ring (bicyclic) bond motifs is 2. The molecule has 7 heteroatoms. The Morgan fingerprint density at radius 3 is 2.94 bits per heavy atom. The number of hydrogen-bond acceptors (Lipinski definition) is 4. The Morgan fingerprint density at radius 1 is 1.32 bits per heavy atom. The molecule has 3 atom stereocenters. The quantitative estimate of drug-likeness (QED) is 0.685. The number of amides is 2. The number of likely N-dealkylation sites (tertiary alicyclic amines) is 1. The lowest BCUT2D eigenvalue weighted by atomic mass is 10.0. The van der Waals surface area contributed by atoms with E-state index in [0.29, 0.717) is 19.4 Å². The van der Waals surface area contributed by atoms with Gasteiger partial charge in [0, 0.05) is 62.3 Å². The Balaban J connectivity index is 1.46. The fraction of sp³-hybridized carbons (Fsp3) is 0.500. The molecule has 2 saturated heterocycles. The lowest BCUT2D eigenvalue weighted by Crippen LogP contribution is -2.49. The smallest absolute Gasteiger partial charge is 0.239 e. The van der Waals surface area contributed by atoms with E-state index in [0.717, 1.165) is 19.5 Å². The van der Waals surface area contributed by atoms with E-state index < -0.39 is 0 Å². The topological polar surface area (TPSA) is 69.6 Å². The third-order valence-electron chi connectivity index (χ3n) is 6.79. The Morgan fingerprint density at radius 2 is 2.13 bits per heavy atom. The van der Waals surface area contributed by atoms with E-state index in [1.165, 1.54) is 16.5 Å². The van der Waals surface area contributed by atoms with Crippen LogP contribution in [-0.2, 0) is 23.2 Å². The lowest BCUT2D eigenvalue weighted by Gasteiger charge is -2.33. The molecule has 0 aliphatic carbocycles. The summed E-state index contributed by atoms with van der Waals surface area (Å²) >= 11 is 0. The second-order valence-corrected chi connectivity index (χ2v) is 8.64. The minimum Gasteiger partial charge on any atom is -0.353 e. The Kier molecular flexibility index (Phi) is 6.30. The molecular weight excluding hydrogens is 390 g/mol. The van der Waals surface area contributed by atoms with Gasteiger partial charge in [-0.3, -0.25) is 19.4 Å². The Labute approximate surface area is 183 Å². The summed E-state index contributed by atoms with van der Waals surface area (Å²) in [6, 6.07) is 8.50. The summed E-state index contributed by atoms with van der Waals surface area (Å²) in [4.78, 5) is 29.6. The molecular formula is C24H31N5O2. The first-order valence-corrected chi connectivity index (χ1v) is 11.0. The molecule has 2 N–H and O–H groups in total. The zero-order chi connectivity index (χ0) is 22.0. The van der Waals surface area contributed by atoms with Gasteiger partial charge in [-0.25, -0.2) is 0 Å². The lowest BCUT2D eigenvalue weighted by molar-refractivity contribution is -0.126. The van der Waals surface area contributed by atoms with Gasteiger partial charge in [0.1, 0.15) is 6.04 Å². The van der Waals surface area contributed by atoms with Crippen LogP contribution < -0.4 is 10.6 Å². The average Bonchev–Trinajstić information content (AvgIpc) is 3.30. The van der Waals surface area contributed by atoms with Crippen LogP contribution in [-0.4, -0.2) is 71.0 Å². The van der Waals surface area contributed by atoms with Crippen molar-refractivity contribution in [1.82, 2.24) is 25.0 Å². The fourth-order valence-electron chi connectivity index (χ4n) is 5.13. The number of para-hydroxylation sites is 1. The third kappa shape index (κ3) is 4.32. The number of nitrogens with one attached hydrogen (secondary N) is 2. The first kappa shape index (κ1) is 21.4. The number of carbonyl (C=O) groups excluding carboxylic acids is 2. The van der Waals surface area contributed by atoms with Crippen LogP contribution >= 0.6 is 0 Å². The second kappa shape index (κ2) is 9.13. The van der Waals surface area contributed by atoms with E-state index in [9.17, 15) is 9.59 Å². The molecule has 2 aliphatic heterocycles. The highest BCUT2D eigenvalue weighted by Gasteiger charge is 2.45. The zero-order valence-corrected chi connectivity index (χ0v) is 18.3. The minimum absolute atomic E-state index is 0.0394. The molecule has 1 aromatic heterocycles. The number of rotatable bonds is 6. The normalized spacial score (nSPS) is 24.4. The van der Waals surface area contributed by atoms with Crippen molar-refractivity contribution in [3.05, 3.63) is 36.0 Å². The van der Waals surface area contributed by atoms with Gasteiger partial charge >= 0.3 is 0 Å². The molecule has 31 heavy (non-hydrogen) atoms. The van der Waals surface area contributed by atoms with Crippen LogP contribution in [0.3, 0.4) is 0 Å². The predicted molar refractivity (Wildman–Crippen MR) is 121 cm³/mol. The van der Waals surface area contributed by atoms with Gasteiger partial charge in [0.05, 0.1) is 6.54 Å². The van der Waals surface area contributed by atoms with E-state index in [2.05, 4.69) is 75.5 Å². The number of terminal acetylenes is 1. The van der Waals surface area contributed by atoms with Crippen molar-refractivity contribution in [2.24, 2.45) is 7.05 Å². The average molecular weight is 422 g/mol. The van der Waals surface area contributed by atoms with Crippen molar-refractivity contribution in [3.63, 3.8) is 0 Å². The first-order valence-electron chi connectivity index (χ1n) is 11.0. The number of nitrogens with zero attached hydrogens (tertiary/aromatic N) is 3. The SMILES string of the molecule is C#CCNC(=O)CCC1CNC(=O)C2C(CCN2Cc2cn(C)c3ccccc23)N1C. The van der Waals surface area contributed by atoms with Gasteiger partial charge in [-0.15, -0.1) is 6.42 Å². The number of aromatic nitrogens is 1. The summed E-state index contributed by atoms with van der Waals surface area (Å²) in [6.07, 6.45) is 9.42. The van der Waals surface area contributed by atoms with Crippen LogP contribution in [0.1, 0.15) is 24.8 Å². The highest BCUT2D eigenvalue weighted by Crippen LogP contribution is 2.30. The number of hydrogen-bond donors (Lipinski definition) is 2. The van der Waals surface area contributed by atoms with Gasteiger partial charge in [-0.1, -0.05) is 24.1 Å². The molecule has 3 unspecified atom stereocenters. The Hall–Kier alpha value is -2.82. The molecule has 0 spiro atoms. The van der Waals surface area contributed by atoms with Crippen molar-refractivity contribution >= 4 is 22.7 Å². The van der Waals surface area contributed by atoms with Gasteiger partial charge in [-0.05, 0) is 31.5 Å². The fourth-order valence-corrected chi connectivity index (χ4v) is 5.13. The largest absolute Gasteiger partial charge is 0.353 e. The summed E-state index contributed by atoms with van der Waals surface area (Å²) in [5.41, 5.74) is 2.46. The highest BCUT2D eigenvalue weighted by atomic mass is 16.2.